The number of hydrogen-bond donors (Lipinski definition) is 1. The molecule has 0 saturated heterocycles. The summed E-state index contributed by atoms with van der Waals surface area (Å²) in [5, 5.41) is 5.22. The van der Waals surface area contributed by atoms with Crippen molar-refractivity contribution >= 4 is 17.3 Å². The van der Waals surface area contributed by atoms with E-state index < -0.39 is 0 Å². The molecule has 0 bridgehead atoms. The Morgan fingerprint density at radius 1 is 1.54 bits per heavy atom. The van der Waals surface area contributed by atoms with Gasteiger partial charge < -0.3 is 9.88 Å². The molecule has 0 aromatic carbocycles. The zero-order chi connectivity index (χ0) is 9.10. The molecule has 0 aliphatic rings. The van der Waals surface area contributed by atoms with Gasteiger partial charge in [-0.1, -0.05) is 0 Å². The lowest BCUT2D eigenvalue weighted by Crippen LogP contribution is -2.04. The van der Waals surface area contributed by atoms with Crippen molar-refractivity contribution in [3.8, 4) is 0 Å². The van der Waals surface area contributed by atoms with Gasteiger partial charge in [0, 0.05) is 24.8 Å². The van der Waals surface area contributed by atoms with Crippen LogP contribution in [0.25, 0.3) is 0 Å². The van der Waals surface area contributed by atoms with Crippen LogP contribution < -0.4 is 5.32 Å². The molecule has 0 spiro atoms. The van der Waals surface area contributed by atoms with E-state index in [0.717, 1.165) is 18.2 Å². The second-order valence-electron chi connectivity index (χ2n) is 2.70. The van der Waals surface area contributed by atoms with Crippen molar-refractivity contribution in [3.63, 3.8) is 0 Å². The first kappa shape index (κ1) is 8.25. The normalized spacial score (nSPS) is 10.2. The number of thiazole rings is 1. The predicted octanol–water partition coefficient (Wildman–Crippen LogP) is 1.49. The molecule has 0 aliphatic carbocycles. The lowest BCUT2D eigenvalue weighted by Gasteiger charge is -2.02. The van der Waals surface area contributed by atoms with Gasteiger partial charge in [-0.2, -0.15) is 0 Å². The Morgan fingerprint density at radius 3 is 3.08 bits per heavy atom. The Kier molecular flexibility index (Phi) is 2.27. The standard InChI is InChI=1S/C8H10N4S/c1-12-3-2-9-8(12)10-4-7-5-13-6-11-7/h2-3,5-6H,4H2,1H3,(H,9,10). The third-order valence-electron chi connectivity index (χ3n) is 1.73. The van der Waals surface area contributed by atoms with Gasteiger partial charge in [-0.25, -0.2) is 9.97 Å². The summed E-state index contributed by atoms with van der Waals surface area (Å²) in [5.74, 6) is 0.869. The molecule has 2 rings (SSSR count). The van der Waals surface area contributed by atoms with Gasteiger partial charge in [0.15, 0.2) is 0 Å². The minimum Gasteiger partial charge on any atom is -0.350 e. The molecule has 2 aromatic rings. The second kappa shape index (κ2) is 3.57. The number of aromatic nitrogens is 3. The maximum atomic E-state index is 4.16. The average Bonchev–Trinajstić information content (AvgIpc) is 2.72. The minimum absolute atomic E-state index is 0.731. The summed E-state index contributed by atoms with van der Waals surface area (Å²) in [6.07, 6.45) is 3.67. The summed E-state index contributed by atoms with van der Waals surface area (Å²) in [4.78, 5) is 8.31. The lowest BCUT2D eigenvalue weighted by molar-refractivity contribution is 0.894. The van der Waals surface area contributed by atoms with Crippen molar-refractivity contribution in [2.75, 3.05) is 5.32 Å². The van der Waals surface area contributed by atoms with Crippen molar-refractivity contribution in [2.24, 2.45) is 7.05 Å². The van der Waals surface area contributed by atoms with Crippen molar-refractivity contribution in [1.29, 1.82) is 0 Å². The van der Waals surface area contributed by atoms with Gasteiger partial charge in [0.2, 0.25) is 5.95 Å². The molecular formula is C8H10N4S. The average molecular weight is 194 g/mol. The van der Waals surface area contributed by atoms with Crippen LogP contribution in [0, 0.1) is 0 Å². The van der Waals surface area contributed by atoms with E-state index in [2.05, 4.69) is 15.3 Å². The smallest absolute Gasteiger partial charge is 0.202 e. The molecule has 0 saturated carbocycles. The molecular weight excluding hydrogens is 184 g/mol. The molecule has 5 heteroatoms. The molecule has 2 heterocycles. The molecule has 13 heavy (non-hydrogen) atoms. The third-order valence-corrected chi connectivity index (χ3v) is 2.37. The number of imidazole rings is 1. The SMILES string of the molecule is Cn1ccnc1NCc1cscn1. The van der Waals surface area contributed by atoms with Gasteiger partial charge in [0.25, 0.3) is 0 Å². The number of nitrogens with one attached hydrogen (secondary N) is 1. The highest BCUT2D eigenvalue weighted by Gasteiger charge is 1.98. The first-order chi connectivity index (χ1) is 6.36. The summed E-state index contributed by atoms with van der Waals surface area (Å²) < 4.78 is 1.94. The van der Waals surface area contributed by atoms with E-state index in [1.807, 2.05) is 28.7 Å². The van der Waals surface area contributed by atoms with Crippen LogP contribution in [0.2, 0.25) is 0 Å². The van der Waals surface area contributed by atoms with Gasteiger partial charge in [0.05, 0.1) is 17.7 Å². The quantitative estimate of drug-likeness (QED) is 0.805. The topological polar surface area (TPSA) is 42.7 Å². The van der Waals surface area contributed by atoms with Crippen molar-refractivity contribution < 1.29 is 0 Å². The molecule has 2 aromatic heterocycles. The molecule has 4 nitrogen and oxygen atoms in total. The monoisotopic (exact) mass is 194 g/mol. The second-order valence-corrected chi connectivity index (χ2v) is 3.41. The fourth-order valence-electron chi connectivity index (χ4n) is 1.03. The Balaban J connectivity index is 1.97. The largest absolute Gasteiger partial charge is 0.350 e. The molecule has 0 atom stereocenters. The maximum absolute atomic E-state index is 4.16. The molecule has 0 fully saturated rings. The zero-order valence-electron chi connectivity index (χ0n) is 7.27. The summed E-state index contributed by atoms with van der Waals surface area (Å²) in [7, 11) is 1.95. The molecule has 0 unspecified atom stereocenters. The van der Waals surface area contributed by atoms with E-state index in [1.165, 1.54) is 0 Å². The highest BCUT2D eigenvalue weighted by molar-refractivity contribution is 7.07. The van der Waals surface area contributed by atoms with Crippen molar-refractivity contribution in [2.45, 2.75) is 6.54 Å². The summed E-state index contributed by atoms with van der Waals surface area (Å²) >= 11 is 1.60. The Labute approximate surface area is 80.3 Å². The Bertz CT molecular complexity index is 365. The van der Waals surface area contributed by atoms with Crippen LogP contribution in [0.15, 0.2) is 23.3 Å². The summed E-state index contributed by atoms with van der Waals surface area (Å²) in [6.45, 7) is 0.731. The Hall–Kier alpha value is -1.36. The van der Waals surface area contributed by atoms with E-state index in [-0.39, 0.29) is 0 Å². The van der Waals surface area contributed by atoms with Gasteiger partial charge in [-0.05, 0) is 0 Å². The van der Waals surface area contributed by atoms with Crippen LogP contribution in [0.5, 0.6) is 0 Å². The van der Waals surface area contributed by atoms with E-state index in [1.54, 1.807) is 17.5 Å². The van der Waals surface area contributed by atoms with E-state index in [9.17, 15) is 0 Å². The number of aryl methyl sites for hydroxylation is 1. The van der Waals surface area contributed by atoms with E-state index in [4.69, 9.17) is 0 Å². The van der Waals surface area contributed by atoms with Gasteiger partial charge >= 0.3 is 0 Å². The fraction of sp³-hybridized carbons (Fsp3) is 0.250. The molecule has 0 radical (unpaired) electrons. The number of hydrogen-bond acceptors (Lipinski definition) is 4. The fourth-order valence-corrected chi connectivity index (χ4v) is 1.59. The number of nitrogens with zero attached hydrogens (tertiary/aromatic N) is 3. The Morgan fingerprint density at radius 2 is 2.46 bits per heavy atom. The van der Waals surface area contributed by atoms with Crippen LogP contribution in [-0.4, -0.2) is 14.5 Å². The highest BCUT2D eigenvalue weighted by Crippen LogP contribution is 2.05. The van der Waals surface area contributed by atoms with Gasteiger partial charge in [-0.3, -0.25) is 0 Å². The number of anilines is 1. The van der Waals surface area contributed by atoms with Crippen LogP contribution >= 0.6 is 11.3 Å². The van der Waals surface area contributed by atoms with Crippen LogP contribution in [0.4, 0.5) is 5.95 Å². The predicted molar refractivity (Wildman–Crippen MR) is 52.6 cm³/mol. The minimum atomic E-state index is 0.731. The van der Waals surface area contributed by atoms with Crippen LogP contribution in [-0.2, 0) is 13.6 Å². The van der Waals surface area contributed by atoms with Crippen LogP contribution in [0.1, 0.15) is 5.69 Å². The van der Waals surface area contributed by atoms with Crippen molar-refractivity contribution in [3.05, 3.63) is 29.0 Å². The summed E-state index contributed by atoms with van der Waals surface area (Å²) in [6, 6.07) is 0. The van der Waals surface area contributed by atoms with E-state index in [0.29, 0.717) is 0 Å². The van der Waals surface area contributed by atoms with E-state index >= 15 is 0 Å². The maximum Gasteiger partial charge on any atom is 0.202 e. The molecule has 1 N–H and O–H groups in total. The molecule has 0 amide bonds. The van der Waals surface area contributed by atoms with Crippen molar-refractivity contribution in [1.82, 2.24) is 14.5 Å². The molecule has 68 valence electrons. The third kappa shape index (κ3) is 1.86. The van der Waals surface area contributed by atoms with Crippen LogP contribution in [0.3, 0.4) is 0 Å². The molecule has 0 aliphatic heterocycles. The number of rotatable bonds is 3. The summed E-state index contributed by atoms with van der Waals surface area (Å²) in [5.41, 5.74) is 2.88. The van der Waals surface area contributed by atoms with Gasteiger partial charge in [0.1, 0.15) is 0 Å². The van der Waals surface area contributed by atoms with Gasteiger partial charge in [-0.15, -0.1) is 11.3 Å². The zero-order valence-corrected chi connectivity index (χ0v) is 8.08. The first-order valence-corrected chi connectivity index (χ1v) is 4.89. The first-order valence-electron chi connectivity index (χ1n) is 3.94. The highest BCUT2D eigenvalue weighted by atomic mass is 32.1. The lowest BCUT2D eigenvalue weighted by atomic mass is 10.5.